The fraction of sp³-hybridized carbons (Fsp3) is 0.0164. The second kappa shape index (κ2) is 13.3. The second-order valence-corrected chi connectivity index (χ2v) is 17.2. The molecule has 298 valence electrons. The summed E-state index contributed by atoms with van der Waals surface area (Å²) >= 11 is 0. The molecule has 2 aromatic heterocycles. The molecule has 3 nitrogen and oxygen atoms in total. The maximum absolute atomic E-state index is 6.64. The highest BCUT2D eigenvalue weighted by atomic mass is 16.5. The van der Waals surface area contributed by atoms with Crippen molar-refractivity contribution in [2.45, 2.75) is 5.41 Å². The first-order valence-electron chi connectivity index (χ1n) is 22.1. The van der Waals surface area contributed by atoms with Gasteiger partial charge in [-0.15, -0.1) is 0 Å². The van der Waals surface area contributed by atoms with Crippen LogP contribution >= 0.6 is 0 Å². The molecule has 0 N–H and O–H groups in total. The first-order valence-corrected chi connectivity index (χ1v) is 22.1. The van der Waals surface area contributed by atoms with Crippen LogP contribution in [0, 0.1) is 0 Å². The molecule has 3 heteroatoms. The van der Waals surface area contributed by atoms with E-state index in [-0.39, 0.29) is 0 Å². The summed E-state index contributed by atoms with van der Waals surface area (Å²) in [5.41, 5.74) is 18.7. The standard InChI is InChI=1S/C61H38N2O/c1-2-15-39(16-3-1)40-17-14-18-43(35-40)62-55-25-10-5-20-47(55)49-36-41(29-33-57(49)62)42-30-34-58-50(37-42)48-21-6-11-26-56(48)63(58)44-31-32-46-45-19-4-7-22-51(45)61(54(46)38-44)52-23-8-12-27-59(52)64-60-28-13-9-24-53(60)61/h1-38H. The minimum Gasteiger partial charge on any atom is -0.457 e. The predicted octanol–water partition coefficient (Wildman–Crippen LogP) is 15.7. The van der Waals surface area contributed by atoms with E-state index in [2.05, 4.69) is 240 Å². The molecule has 0 saturated carbocycles. The number of nitrogens with zero attached hydrogens (tertiary/aromatic N) is 2. The Morgan fingerprint density at radius 3 is 1.42 bits per heavy atom. The van der Waals surface area contributed by atoms with E-state index in [0.29, 0.717) is 0 Å². The van der Waals surface area contributed by atoms with Gasteiger partial charge in [0.1, 0.15) is 11.5 Å². The van der Waals surface area contributed by atoms with Crippen LogP contribution in [0.4, 0.5) is 0 Å². The third kappa shape index (κ3) is 4.81. The number of rotatable bonds is 4. The molecule has 0 saturated heterocycles. The second-order valence-electron chi connectivity index (χ2n) is 17.2. The summed E-state index contributed by atoms with van der Waals surface area (Å²) in [7, 11) is 0. The maximum atomic E-state index is 6.64. The Balaban J connectivity index is 0.940. The Bertz CT molecular complexity index is 3840. The molecule has 1 spiro atoms. The van der Waals surface area contributed by atoms with E-state index in [1.165, 1.54) is 99.2 Å². The first kappa shape index (κ1) is 35.2. The number of fused-ring (bicyclic) bond motifs is 15. The van der Waals surface area contributed by atoms with Gasteiger partial charge in [0.15, 0.2) is 0 Å². The number of hydrogen-bond acceptors (Lipinski definition) is 1. The van der Waals surface area contributed by atoms with E-state index in [1.54, 1.807) is 0 Å². The van der Waals surface area contributed by atoms with Gasteiger partial charge >= 0.3 is 0 Å². The third-order valence-corrected chi connectivity index (χ3v) is 14.0. The smallest absolute Gasteiger partial charge is 0.132 e. The highest BCUT2D eigenvalue weighted by Gasteiger charge is 2.51. The van der Waals surface area contributed by atoms with Crippen molar-refractivity contribution >= 4 is 43.6 Å². The minimum atomic E-state index is -0.536. The van der Waals surface area contributed by atoms with Crippen LogP contribution in [-0.2, 0) is 5.41 Å². The van der Waals surface area contributed by atoms with Gasteiger partial charge in [-0.2, -0.15) is 0 Å². The van der Waals surface area contributed by atoms with Crippen molar-refractivity contribution in [3.63, 3.8) is 0 Å². The average molecular weight is 815 g/mol. The molecule has 0 radical (unpaired) electrons. The van der Waals surface area contributed by atoms with Crippen molar-refractivity contribution in [2.24, 2.45) is 0 Å². The van der Waals surface area contributed by atoms with Crippen LogP contribution in [0.2, 0.25) is 0 Å². The van der Waals surface area contributed by atoms with E-state index in [0.717, 1.165) is 22.9 Å². The Hall–Kier alpha value is -8.40. The third-order valence-electron chi connectivity index (χ3n) is 14.0. The Morgan fingerprint density at radius 2 is 0.766 bits per heavy atom. The molecule has 12 aromatic rings. The molecule has 14 rings (SSSR count). The van der Waals surface area contributed by atoms with E-state index in [1.807, 2.05) is 0 Å². The van der Waals surface area contributed by atoms with Gasteiger partial charge in [-0.3, -0.25) is 0 Å². The zero-order valence-corrected chi connectivity index (χ0v) is 34.7. The molecule has 0 unspecified atom stereocenters. The molecule has 64 heavy (non-hydrogen) atoms. The normalized spacial score (nSPS) is 13.2. The van der Waals surface area contributed by atoms with E-state index >= 15 is 0 Å². The summed E-state index contributed by atoms with van der Waals surface area (Å²) in [6.45, 7) is 0. The lowest BCUT2D eigenvalue weighted by Gasteiger charge is -2.39. The molecule has 3 heterocycles. The zero-order valence-electron chi connectivity index (χ0n) is 34.7. The van der Waals surface area contributed by atoms with Crippen LogP contribution in [0.5, 0.6) is 11.5 Å². The van der Waals surface area contributed by atoms with Crippen molar-refractivity contribution < 1.29 is 4.74 Å². The fourth-order valence-electron chi connectivity index (χ4n) is 11.3. The lowest BCUT2D eigenvalue weighted by atomic mass is 9.66. The number of ether oxygens (including phenoxy) is 1. The van der Waals surface area contributed by atoms with Gasteiger partial charge in [0.05, 0.1) is 27.5 Å². The molecular formula is C61H38N2O. The van der Waals surface area contributed by atoms with Gasteiger partial charge in [-0.1, -0.05) is 158 Å². The summed E-state index contributed by atoms with van der Waals surface area (Å²) in [4.78, 5) is 0. The SMILES string of the molecule is c1ccc(-c2cccc(-n3c4ccccc4c4cc(-c5ccc6c(c5)c5ccccc5n6-c5ccc6c(c5)C5(c7ccccc7Oc7ccccc75)c5ccccc5-6)ccc43)c2)cc1. The van der Waals surface area contributed by atoms with Crippen molar-refractivity contribution in [3.05, 3.63) is 253 Å². The Kier molecular flexibility index (Phi) is 7.32. The summed E-state index contributed by atoms with van der Waals surface area (Å²) in [5.74, 6) is 1.80. The highest BCUT2D eigenvalue weighted by molar-refractivity contribution is 6.13. The Labute approximate surface area is 370 Å². The van der Waals surface area contributed by atoms with E-state index < -0.39 is 5.41 Å². The van der Waals surface area contributed by atoms with Crippen molar-refractivity contribution in [1.29, 1.82) is 0 Å². The van der Waals surface area contributed by atoms with Gasteiger partial charge in [0.2, 0.25) is 0 Å². The summed E-state index contributed by atoms with van der Waals surface area (Å²) in [5, 5.41) is 4.95. The van der Waals surface area contributed by atoms with E-state index in [4.69, 9.17) is 4.74 Å². The van der Waals surface area contributed by atoms with Gasteiger partial charge in [0, 0.05) is 44.0 Å². The Morgan fingerprint density at radius 1 is 0.281 bits per heavy atom. The van der Waals surface area contributed by atoms with Crippen LogP contribution in [0.1, 0.15) is 22.3 Å². The topological polar surface area (TPSA) is 19.1 Å². The number of benzene rings is 10. The molecule has 0 fully saturated rings. The van der Waals surface area contributed by atoms with Crippen LogP contribution in [0.3, 0.4) is 0 Å². The number of para-hydroxylation sites is 4. The zero-order chi connectivity index (χ0) is 41.9. The lowest BCUT2D eigenvalue weighted by Crippen LogP contribution is -2.32. The molecule has 0 bridgehead atoms. The minimum absolute atomic E-state index is 0.536. The van der Waals surface area contributed by atoms with Crippen LogP contribution in [-0.4, -0.2) is 9.13 Å². The summed E-state index contributed by atoms with van der Waals surface area (Å²) < 4.78 is 11.5. The lowest BCUT2D eigenvalue weighted by molar-refractivity contribution is 0.436. The summed E-state index contributed by atoms with van der Waals surface area (Å²) in [6.07, 6.45) is 0. The van der Waals surface area contributed by atoms with Crippen LogP contribution < -0.4 is 4.74 Å². The molecule has 1 aliphatic heterocycles. The van der Waals surface area contributed by atoms with Gasteiger partial charge < -0.3 is 13.9 Å². The monoisotopic (exact) mass is 814 g/mol. The molecule has 10 aromatic carbocycles. The molecule has 1 aliphatic carbocycles. The van der Waals surface area contributed by atoms with Crippen molar-refractivity contribution in [2.75, 3.05) is 0 Å². The van der Waals surface area contributed by atoms with Crippen molar-refractivity contribution in [3.8, 4) is 56.3 Å². The van der Waals surface area contributed by atoms with Gasteiger partial charge in [0.25, 0.3) is 0 Å². The average Bonchev–Trinajstić information content (AvgIpc) is 3.98. The highest BCUT2D eigenvalue weighted by Crippen LogP contribution is 2.62. The van der Waals surface area contributed by atoms with Crippen molar-refractivity contribution in [1.82, 2.24) is 9.13 Å². The maximum Gasteiger partial charge on any atom is 0.132 e. The quantitative estimate of drug-likeness (QED) is 0.173. The molecule has 2 aliphatic rings. The van der Waals surface area contributed by atoms with Crippen LogP contribution in [0.25, 0.3) is 88.4 Å². The van der Waals surface area contributed by atoms with Gasteiger partial charge in [-0.05, 0) is 117 Å². The van der Waals surface area contributed by atoms with Gasteiger partial charge in [-0.25, -0.2) is 0 Å². The number of hydrogen-bond donors (Lipinski definition) is 0. The molecular weight excluding hydrogens is 777 g/mol. The van der Waals surface area contributed by atoms with E-state index in [9.17, 15) is 0 Å². The number of aromatic nitrogens is 2. The fourth-order valence-corrected chi connectivity index (χ4v) is 11.3. The predicted molar refractivity (Wildman–Crippen MR) is 263 cm³/mol. The molecule has 0 amide bonds. The summed E-state index contributed by atoms with van der Waals surface area (Å²) in [6, 6.07) is 84.4. The largest absolute Gasteiger partial charge is 0.457 e. The van der Waals surface area contributed by atoms with Crippen LogP contribution in [0.15, 0.2) is 231 Å². The first-order chi connectivity index (χ1) is 31.7. The molecule has 0 atom stereocenters.